The molecule has 0 saturated heterocycles. The molecule has 8 heteroatoms. The van der Waals surface area contributed by atoms with E-state index in [-0.39, 0.29) is 17.4 Å². The van der Waals surface area contributed by atoms with Crippen LogP contribution >= 0.6 is 23.2 Å². The summed E-state index contributed by atoms with van der Waals surface area (Å²) in [5.41, 5.74) is 0.641. The molecule has 0 atom stereocenters. The molecular weight excluding hydrogens is 357 g/mol. The van der Waals surface area contributed by atoms with Gasteiger partial charge in [-0.2, -0.15) is 0 Å². The molecule has 6 nitrogen and oxygen atoms in total. The Kier molecular flexibility index (Phi) is 4.78. The van der Waals surface area contributed by atoms with Crippen LogP contribution in [0.25, 0.3) is 0 Å². The second kappa shape index (κ2) is 6.98. The summed E-state index contributed by atoms with van der Waals surface area (Å²) in [6.07, 6.45) is 0. The Bertz CT molecular complexity index is 809. The van der Waals surface area contributed by atoms with Gasteiger partial charge in [-0.25, -0.2) is 4.79 Å². The molecule has 2 aromatic carbocycles. The van der Waals surface area contributed by atoms with E-state index in [1.54, 1.807) is 18.2 Å². The number of carbonyl (C=O) groups is 2. The van der Waals surface area contributed by atoms with Crippen molar-refractivity contribution >= 4 is 40.8 Å². The summed E-state index contributed by atoms with van der Waals surface area (Å²) >= 11 is 11.7. The van der Waals surface area contributed by atoms with Crippen LogP contribution in [0.4, 0.5) is 5.69 Å². The van der Waals surface area contributed by atoms with Crippen LogP contribution in [-0.2, 0) is 9.53 Å². The van der Waals surface area contributed by atoms with Gasteiger partial charge in [0.2, 0.25) is 6.79 Å². The largest absolute Gasteiger partial charge is 0.454 e. The topological polar surface area (TPSA) is 73.9 Å². The van der Waals surface area contributed by atoms with Gasteiger partial charge in [0.1, 0.15) is 0 Å². The molecule has 0 radical (unpaired) electrons. The minimum atomic E-state index is -0.648. The monoisotopic (exact) mass is 367 g/mol. The van der Waals surface area contributed by atoms with Crippen molar-refractivity contribution in [1.29, 1.82) is 0 Å². The van der Waals surface area contributed by atoms with Gasteiger partial charge in [0.15, 0.2) is 18.1 Å². The van der Waals surface area contributed by atoms with Gasteiger partial charge in [0.25, 0.3) is 5.91 Å². The Morgan fingerprint density at radius 2 is 1.88 bits per heavy atom. The highest BCUT2D eigenvalue weighted by Crippen LogP contribution is 2.32. The quantitative estimate of drug-likeness (QED) is 0.836. The van der Waals surface area contributed by atoms with E-state index in [9.17, 15) is 9.59 Å². The number of esters is 1. The standard InChI is InChI=1S/C16H11Cl2NO5/c17-10-2-3-12(11(18)6-10)19-15(20)7-22-16(21)9-1-4-13-14(5-9)24-8-23-13/h1-6H,7-8H2,(H,19,20). The van der Waals surface area contributed by atoms with Crippen molar-refractivity contribution < 1.29 is 23.8 Å². The summed E-state index contributed by atoms with van der Waals surface area (Å²) in [4.78, 5) is 23.8. The summed E-state index contributed by atoms with van der Waals surface area (Å²) in [6, 6.07) is 9.27. The maximum atomic E-state index is 12.0. The number of halogens is 2. The molecular formula is C16H11Cl2NO5. The Balaban J connectivity index is 1.57. The van der Waals surface area contributed by atoms with Gasteiger partial charge in [-0.15, -0.1) is 0 Å². The second-order valence-corrected chi connectivity index (χ2v) is 5.66. The average Bonchev–Trinajstić information content (AvgIpc) is 3.03. The summed E-state index contributed by atoms with van der Waals surface area (Å²) in [5.74, 6) is -0.150. The first-order chi connectivity index (χ1) is 11.5. The van der Waals surface area contributed by atoms with E-state index in [1.165, 1.54) is 18.2 Å². The van der Waals surface area contributed by atoms with E-state index in [1.807, 2.05) is 0 Å². The van der Waals surface area contributed by atoms with Crippen molar-refractivity contribution in [3.8, 4) is 11.5 Å². The van der Waals surface area contributed by atoms with Crippen molar-refractivity contribution in [3.05, 3.63) is 52.0 Å². The molecule has 1 heterocycles. The summed E-state index contributed by atoms with van der Waals surface area (Å²) in [5, 5.41) is 3.28. The van der Waals surface area contributed by atoms with E-state index in [2.05, 4.69) is 5.32 Å². The molecule has 3 rings (SSSR count). The number of hydrogen-bond donors (Lipinski definition) is 1. The summed E-state index contributed by atoms with van der Waals surface area (Å²) < 4.78 is 15.3. The van der Waals surface area contributed by atoms with Crippen molar-refractivity contribution in [2.75, 3.05) is 18.7 Å². The number of anilines is 1. The van der Waals surface area contributed by atoms with Gasteiger partial charge >= 0.3 is 5.97 Å². The van der Waals surface area contributed by atoms with E-state index in [4.69, 9.17) is 37.4 Å². The Labute approximate surface area is 147 Å². The van der Waals surface area contributed by atoms with E-state index in [0.717, 1.165) is 0 Å². The lowest BCUT2D eigenvalue weighted by molar-refractivity contribution is -0.119. The molecule has 0 aliphatic carbocycles. The third-order valence-corrected chi connectivity index (χ3v) is 3.70. The van der Waals surface area contributed by atoms with Gasteiger partial charge in [0, 0.05) is 5.02 Å². The lowest BCUT2D eigenvalue weighted by Gasteiger charge is -2.08. The number of benzene rings is 2. The number of rotatable bonds is 4. The molecule has 1 aliphatic rings. The predicted molar refractivity (Wildman–Crippen MR) is 87.9 cm³/mol. The molecule has 124 valence electrons. The molecule has 1 N–H and O–H groups in total. The molecule has 0 saturated carbocycles. The highest BCUT2D eigenvalue weighted by atomic mass is 35.5. The fourth-order valence-electron chi connectivity index (χ4n) is 2.02. The maximum absolute atomic E-state index is 12.0. The molecule has 0 spiro atoms. The average molecular weight is 368 g/mol. The van der Waals surface area contributed by atoms with E-state index >= 15 is 0 Å². The fourth-order valence-corrected chi connectivity index (χ4v) is 2.47. The van der Waals surface area contributed by atoms with Crippen molar-refractivity contribution in [2.45, 2.75) is 0 Å². The third-order valence-electron chi connectivity index (χ3n) is 3.15. The summed E-state index contributed by atoms with van der Waals surface area (Å²) in [6.45, 7) is -0.343. The van der Waals surface area contributed by atoms with Gasteiger partial charge in [0.05, 0.1) is 16.3 Å². The van der Waals surface area contributed by atoms with Crippen molar-refractivity contribution in [2.24, 2.45) is 0 Å². The molecule has 24 heavy (non-hydrogen) atoms. The molecule has 1 aliphatic heterocycles. The first-order valence-corrected chi connectivity index (χ1v) is 7.60. The maximum Gasteiger partial charge on any atom is 0.338 e. The molecule has 0 aromatic heterocycles. The number of amides is 1. The third kappa shape index (κ3) is 3.72. The molecule has 1 amide bonds. The zero-order valence-electron chi connectivity index (χ0n) is 12.2. The second-order valence-electron chi connectivity index (χ2n) is 4.82. The molecule has 0 fully saturated rings. The predicted octanol–water partition coefficient (Wildman–Crippen LogP) is 3.52. The SMILES string of the molecule is O=C(COC(=O)c1ccc2c(c1)OCO2)Nc1ccc(Cl)cc1Cl. The molecule has 0 unspecified atom stereocenters. The van der Waals surface area contributed by atoms with Crippen molar-refractivity contribution in [1.82, 2.24) is 0 Å². The Hall–Kier alpha value is -2.44. The highest BCUT2D eigenvalue weighted by molar-refractivity contribution is 6.36. The Morgan fingerprint density at radius 1 is 1.08 bits per heavy atom. The number of fused-ring (bicyclic) bond motifs is 1. The van der Waals surface area contributed by atoms with E-state index in [0.29, 0.717) is 22.2 Å². The lowest BCUT2D eigenvalue weighted by Crippen LogP contribution is -2.21. The first kappa shape index (κ1) is 16.4. The van der Waals surface area contributed by atoms with Gasteiger partial charge in [-0.05, 0) is 36.4 Å². The minimum Gasteiger partial charge on any atom is -0.454 e. The van der Waals surface area contributed by atoms with Crippen LogP contribution in [0, 0.1) is 0 Å². The minimum absolute atomic E-state index is 0.109. The van der Waals surface area contributed by atoms with Crippen LogP contribution in [0.15, 0.2) is 36.4 Å². The van der Waals surface area contributed by atoms with Crippen LogP contribution in [0.2, 0.25) is 10.0 Å². The number of hydrogen-bond acceptors (Lipinski definition) is 5. The highest BCUT2D eigenvalue weighted by Gasteiger charge is 2.18. The number of carbonyl (C=O) groups excluding carboxylic acids is 2. The van der Waals surface area contributed by atoms with Crippen LogP contribution < -0.4 is 14.8 Å². The van der Waals surface area contributed by atoms with Crippen molar-refractivity contribution in [3.63, 3.8) is 0 Å². The van der Waals surface area contributed by atoms with Gasteiger partial charge in [-0.3, -0.25) is 4.79 Å². The van der Waals surface area contributed by atoms with Crippen LogP contribution in [0.3, 0.4) is 0 Å². The Morgan fingerprint density at radius 3 is 2.67 bits per heavy atom. The van der Waals surface area contributed by atoms with Gasteiger partial charge in [-0.1, -0.05) is 23.2 Å². The van der Waals surface area contributed by atoms with Crippen LogP contribution in [0.1, 0.15) is 10.4 Å². The van der Waals surface area contributed by atoms with E-state index < -0.39 is 18.5 Å². The van der Waals surface area contributed by atoms with Crippen LogP contribution in [-0.4, -0.2) is 25.3 Å². The molecule has 0 bridgehead atoms. The first-order valence-electron chi connectivity index (χ1n) is 6.84. The zero-order chi connectivity index (χ0) is 17.1. The fraction of sp³-hybridized carbons (Fsp3) is 0.125. The number of ether oxygens (including phenoxy) is 3. The lowest BCUT2D eigenvalue weighted by atomic mass is 10.2. The smallest absolute Gasteiger partial charge is 0.338 e. The molecule has 2 aromatic rings. The summed E-state index contributed by atoms with van der Waals surface area (Å²) in [7, 11) is 0. The van der Waals surface area contributed by atoms with Gasteiger partial charge < -0.3 is 19.5 Å². The van der Waals surface area contributed by atoms with Crippen LogP contribution in [0.5, 0.6) is 11.5 Å². The normalized spacial score (nSPS) is 11.9. The number of nitrogens with one attached hydrogen (secondary N) is 1. The zero-order valence-corrected chi connectivity index (χ0v) is 13.7.